The van der Waals surface area contributed by atoms with Gasteiger partial charge in [-0.25, -0.2) is 4.79 Å². The van der Waals surface area contributed by atoms with Gasteiger partial charge in [0.1, 0.15) is 11.3 Å². The molecular formula is C20H23NO4. The number of likely N-dealkylation sites (tertiary alicyclic amines) is 1. The fraction of sp³-hybridized carbons (Fsp3) is 0.400. The summed E-state index contributed by atoms with van der Waals surface area (Å²) in [5.41, 5.74) is 0.0752. The summed E-state index contributed by atoms with van der Waals surface area (Å²) in [5, 5.41) is 11.7. The van der Waals surface area contributed by atoms with Crippen molar-refractivity contribution in [3.05, 3.63) is 42.0 Å². The number of benzene rings is 2. The lowest BCUT2D eigenvalue weighted by Crippen LogP contribution is -2.49. The Morgan fingerprint density at radius 2 is 1.72 bits per heavy atom. The number of rotatable bonds is 3. The second-order valence-corrected chi connectivity index (χ2v) is 6.72. The van der Waals surface area contributed by atoms with Crippen molar-refractivity contribution in [3.63, 3.8) is 0 Å². The van der Waals surface area contributed by atoms with Crippen LogP contribution in [0.15, 0.2) is 36.4 Å². The normalized spacial score (nSPS) is 20.5. The number of esters is 1. The number of fused-ring (bicyclic) bond motifs is 1. The summed E-state index contributed by atoms with van der Waals surface area (Å²) in [6.45, 7) is 3.73. The molecule has 25 heavy (non-hydrogen) atoms. The fourth-order valence-corrected chi connectivity index (χ4v) is 3.58. The van der Waals surface area contributed by atoms with E-state index in [1.165, 1.54) is 6.07 Å². The average Bonchev–Trinajstić information content (AvgIpc) is 2.59. The van der Waals surface area contributed by atoms with Crippen LogP contribution in [-0.4, -0.2) is 40.6 Å². The molecule has 0 bridgehead atoms. The van der Waals surface area contributed by atoms with E-state index in [1.807, 2.05) is 38.1 Å². The molecule has 0 aliphatic carbocycles. The first-order valence-electron chi connectivity index (χ1n) is 8.67. The molecule has 1 amide bonds. The summed E-state index contributed by atoms with van der Waals surface area (Å²) in [7, 11) is 0. The first-order chi connectivity index (χ1) is 12.0. The second-order valence-electron chi connectivity index (χ2n) is 6.72. The summed E-state index contributed by atoms with van der Waals surface area (Å²) in [6.07, 6.45) is 3.04. The molecule has 1 heterocycles. The molecule has 1 aliphatic heterocycles. The van der Waals surface area contributed by atoms with E-state index in [-0.39, 0.29) is 35.9 Å². The monoisotopic (exact) mass is 341 g/mol. The highest BCUT2D eigenvalue weighted by atomic mass is 16.5. The van der Waals surface area contributed by atoms with Crippen molar-refractivity contribution >= 4 is 22.6 Å². The summed E-state index contributed by atoms with van der Waals surface area (Å²) in [5.74, 6) is -1.02. The largest absolute Gasteiger partial charge is 0.507 e. The lowest BCUT2D eigenvalue weighted by atomic mass is 9.97. The number of piperidine rings is 1. The molecule has 1 fully saturated rings. The number of nitrogens with zero attached hydrogens (tertiary/aromatic N) is 1. The van der Waals surface area contributed by atoms with Gasteiger partial charge in [0.15, 0.2) is 6.61 Å². The van der Waals surface area contributed by atoms with Crippen molar-refractivity contribution in [1.82, 2.24) is 4.90 Å². The summed E-state index contributed by atoms with van der Waals surface area (Å²) >= 11 is 0. The van der Waals surface area contributed by atoms with Crippen molar-refractivity contribution in [2.75, 3.05) is 6.61 Å². The maximum Gasteiger partial charge on any atom is 0.342 e. The minimum absolute atomic E-state index is 0.0752. The number of ether oxygens (including phenoxy) is 1. The van der Waals surface area contributed by atoms with Gasteiger partial charge in [-0.3, -0.25) is 4.79 Å². The zero-order valence-corrected chi connectivity index (χ0v) is 14.6. The van der Waals surface area contributed by atoms with Crippen molar-refractivity contribution < 1.29 is 19.4 Å². The Hall–Kier alpha value is -2.56. The van der Waals surface area contributed by atoms with E-state index < -0.39 is 5.97 Å². The Balaban J connectivity index is 1.70. The van der Waals surface area contributed by atoms with Crippen molar-refractivity contribution in [2.45, 2.75) is 45.2 Å². The van der Waals surface area contributed by atoms with Gasteiger partial charge in [0, 0.05) is 12.1 Å². The molecule has 1 saturated heterocycles. The number of carbonyl (C=O) groups excluding carboxylic acids is 2. The highest BCUT2D eigenvalue weighted by molar-refractivity contribution is 5.99. The zero-order valence-electron chi connectivity index (χ0n) is 14.6. The number of phenols is 1. The van der Waals surface area contributed by atoms with Crippen LogP contribution >= 0.6 is 0 Å². The highest BCUT2D eigenvalue weighted by Crippen LogP contribution is 2.26. The molecule has 1 N–H and O–H groups in total. The number of phenolic OH excluding ortho intramolecular Hbond substituents is 1. The van der Waals surface area contributed by atoms with E-state index in [2.05, 4.69) is 0 Å². The molecule has 2 aromatic rings. The van der Waals surface area contributed by atoms with Crippen LogP contribution in [-0.2, 0) is 9.53 Å². The molecule has 0 saturated carbocycles. The van der Waals surface area contributed by atoms with Crippen LogP contribution in [0.4, 0.5) is 0 Å². The molecule has 5 heteroatoms. The zero-order chi connectivity index (χ0) is 18.0. The van der Waals surface area contributed by atoms with Gasteiger partial charge in [-0.1, -0.05) is 24.3 Å². The van der Waals surface area contributed by atoms with Crippen LogP contribution in [0.25, 0.3) is 10.8 Å². The minimum atomic E-state index is -0.686. The molecule has 2 aromatic carbocycles. The Labute approximate surface area is 147 Å². The van der Waals surface area contributed by atoms with E-state index in [9.17, 15) is 14.7 Å². The first-order valence-corrected chi connectivity index (χ1v) is 8.67. The second kappa shape index (κ2) is 7.13. The SMILES string of the molecule is CC1CCCC(C)N1C(=O)COC(=O)c1cc2ccccc2cc1O. The van der Waals surface area contributed by atoms with E-state index in [0.717, 1.165) is 30.0 Å². The van der Waals surface area contributed by atoms with Gasteiger partial charge in [-0.2, -0.15) is 0 Å². The summed E-state index contributed by atoms with van der Waals surface area (Å²) in [6, 6.07) is 10.9. The van der Waals surface area contributed by atoms with Crippen LogP contribution in [0.1, 0.15) is 43.5 Å². The molecule has 0 radical (unpaired) electrons. The van der Waals surface area contributed by atoms with Crippen molar-refractivity contribution in [2.24, 2.45) is 0 Å². The topological polar surface area (TPSA) is 66.8 Å². The number of carbonyl (C=O) groups is 2. The Morgan fingerprint density at radius 1 is 1.12 bits per heavy atom. The number of aromatic hydroxyl groups is 1. The van der Waals surface area contributed by atoms with E-state index >= 15 is 0 Å². The van der Waals surface area contributed by atoms with Crippen molar-refractivity contribution in [1.29, 1.82) is 0 Å². The Kier molecular flexibility index (Phi) is 4.93. The van der Waals surface area contributed by atoms with E-state index in [4.69, 9.17) is 4.74 Å². The van der Waals surface area contributed by atoms with Gasteiger partial charge >= 0.3 is 5.97 Å². The summed E-state index contributed by atoms with van der Waals surface area (Å²) in [4.78, 5) is 26.5. The third-order valence-electron chi connectivity index (χ3n) is 4.89. The molecule has 2 unspecified atom stereocenters. The molecule has 132 valence electrons. The maximum atomic E-state index is 12.4. The lowest BCUT2D eigenvalue weighted by molar-refractivity contribution is -0.140. The standard InChI is InChI=1S/C20H23NO4/c1-13-6-5-7-14(2)21(13)19(23)12-25-20(24)17-10-15-8-3-4-9-16(15)11-18(17)22/h3-4,8-11,13-14,22H,5-7,12H2,1-2H3. The predicted octanol–water partition coefficient (Wildman–Crippen LogP) is 3.49. The van der Waals surface area contributed by atoms with Gasteiger partial charge in [0.2, 0.25) is 0 Å². The molecule has 0 spiro atoms. The maximum absolute atomic E-state index is 12.4. The first kappa shape index (κ1) is 17.3. The van der Waals surface area contributed by atoms with Gasteiger partial charge in [0.05, 0.1) is 0 Å². The minimum Gasteiger partial charge on any atom is -0.507 e. The van der Waals surface area contributed by atoms with Gasteiger partial charge < -0.3 is 14.7 Å². The van der Waals surface area contributed by atoms with Crippen LogP contribution in [0.5, 0.6) is 5.75 Å². The predicted molar refractivity (Wildman–Crippen MR) is 95.5 cm³/mol. The Morgan fingerprint density at radius 3 is 2.36 bits per heavy atom. The molecule has 1 aliphatic rings. The van der Waals surface area contributed by atoms with Gasteiger partial charge in [-0.15, -0.1) is 0 Å². The van der Waals surface area contributed by atoms with Crippen LogP contribution in [0.3, 0.4) is 0 Å². The summed E-state index contributed by atoms with van der Waals surface area (Å²) < 4.78 is 5.18. The average molecular weight is 341 g/mol. The molecule has 0 aromatic heterocycles. The smallest absolute Gasteiger partial charge is 0.342 e. The van der Waals surface area contributed by atoms with Crippen LogP contribution < -0.4 is 0 Å². The van der Waals surface area contributed by atoms with Gasteiger partial charge in [0.25, 0.3) is 5.91 Å². The molecule has 3 rings (SSSR count). The molecule has 5 nitrogen and oxygen atoms in total. The molecule has 2 atom stereocenters. The third-order valence-corrected chi connectivity index (χ3v) is 4.89. The quantitative estimate of drug-likeness (QED) is 0.868. The number of hydrogen-bond donors (Lipinski definition) is 1. The fourth-order valence-electron chi connectivity index (χ4n) is 3.58. The van der Waals surface area contributed by atoms with Crippen LogP contribution in [0.2, 0.25) is 0 Å². The number of hydrogen-bond acceptors (Lipinski definition) is 4. The van der Waals surface area contributed by atoms with Gasteiger partial charge in [-0.05, 0) is 56.0 Å². The number of amides is 1. The third kappa shape index (κ3) is 3.60. The molecular weight excluding hydrogens is 318 g/mol. The van der Waals surface area contributed by atoms with Crippen molar-refractivity contribution in [3.8, 4) is 5.75 Å². The highest BCUT2D eigenvalue weighted by Gasteiger charge is 2.29. The van der Waals surface area contributed by atoms with E-state index in [1.54, 1.807) is 11.0 Å². The lowest BCUT2D eigenvalue weighted by Gasteiger charge is -2.38. The Bertz CT molecular complexity index is 791. The van der Waals surface area contributed by atoms with E-state index in [0.29, 0.717) is 0 Å². The van der Waals surface area contributed by atoms with Crippen LogP contribution in [0, 0.1) is 0 Å².